The van der Waals surface area contributed by atoms with Crippen molar-refractivity contribution in [3.05, 3.63) is 27.8 Å². The Morgan fingerprint density at radius 1 is 1.29 bits per heavy atom. The molecular weight excluding hydrogens is 353 g/mol. The Kier molecular flexibility index (Phi) is 4.06. The van der Waals surface area contributed by atoms with E-state index >= 15 is 0 Å². The fraction of sp³-hybridized carbons (Fsp3) is 0.455. The predicted molar refractivity (Wildman–Crippen MR) is 73.2 cm³/mol. The number of aliphatic hydroxyl groups is 1. The van der Waals surface area contributed by atoms with Crippen LogP contribution in [-0.4, -0.2) is 37.0 Å². The van der Waals surface area contributed by atoms with E-state index in [9.17, 15) is 13.5 Å². The number of nitrogens with zero attached hydrogens (tertiary/aromatic N) is 1. The van der Waals surface area contributed by atoms with Gasteiger partial charge >= 0.3 is 0 Å². The standard InChI is InChI=1S/C11H14INO3S/c12-9-3-5-11(6-4-9)17(15,16)13-7-1-2-10(14)8-13/h3-6,10,14H,1-2,7-8H2/t10-/m0/s1. The van der Waals surface area contributed by atoms with Crippen molar-refractivity contribution < 1.29 is 13.5 Å². The minimum absolute atomic E-state index is 0.203. The maximum absolute atomic E-state index is 12.3. The average Bonchev–Trinajstić information content (AvgIpc) is 2.29. The molecule has 0 spiro atoms. The molecule has 1 aliphatic rings. The van der Waals surface area contributed by atoms with Crippen LogP contribution in [0.4, 0.5) is 0 Å². The molecule has 1 fully saturated rings. The topological polar surface area (TPSA) is 57.6 Å². The van der Waals surface area contributed by atoms with Crippen LogP contribution in [0.25, 0.3) is 0 Å². The van der Waals surface area contributed by atoms with Gasteiger partial charge in [-0.1, -0.05) is 0 Å². The Morgan fingerprint density at radius 3 is 2.53 bits per heavy atom. The molecule has 1 aromatic carbocycles. The predicted octanol–water partition coefficient (Wildman–Crippen LogP) is 1.44. The molecule has 0 unspecified atom stereocenters. The first-order valence-electron chi connectivity index (χ1n) is 5.44. The molecular formula is C11H14INO3S. The van der Waals surface area contributed by atoms with Gasteiger partial charge in [-0.3, -0.25) is 0 Å². The number of halogens is 1. The highest BCUT2D eigenvalue weighted by Gasteiger charge is 2.29. The molecule has 0 amide bonds. The fourth-order valence-electron chi connectivity index (χ4n) is 1.89. The molecule has 0 aliphatic carbocycles. The number of benzene rings is 1. The molecule has 0 saturated carbocycles. The van der Waals surface area contributed by atoms with E-state index in [0.717, 1.165) is 3.57 Å². The molecule has 1 aliphatic heterocycles. The van der Waals surface area contributed by atoms with E-state index in [1.165, 1.54) is 4.31 Å². The lowest BCUT2D eigenvalue weighted by Crippen LogP contribution is -2.42. The van der Waals surface area contributed by atoms with Crippen LogP contribution < -0.4 is 0 Å². The van der Waals surface area contributed by atoms with Crippen LogP contribution in [0.5, 0.6) is 0 Å². The van der Waals surface area contributed by atoms with Crippen LogP contribution >= 0.6 is 22.6 Å². The Balaban J connectivity index is 2.26. The van der Waals surface area contributed by atoms with E-state index < -0.39 is 16.1 Å². The van der Waals surface area contributed by atoms with Crippen LogP contribution in [-0.2, 0) is 10.0 Å². The molecule has 1 saturated heterocycles. The molecule has 1 N–H and O–H groups in total. The summed E-state index contributed by atoms with van der Waals surface area (Å²) in [5.41, 5.74) is 0. The second-order valence-electron chi connectivity index (χ2n) is 4.11. The zero-order valence-corrected chi connectivity index (χ0v) is 12.2. The summed E-state index contributed by atoms with van der Waals surface area (Å²) in [6.07, 6.45) is 0.853. The lowest BCUT2D eigenvalue weighted by atomic mass is 10.1. The van der Waals surface area contributed by atoms with Crippen LogP contribution in [0.15, 0.2) is 29.2 Å². The van der Waals surface area contributed by atoms with Gasteiger partial charge in [0.25, 0.3) is 0 Å². The third-order valence-electron chi connectivity index (χ3n) is 2.81. The van der Waals surface area contributed by atoms with Crippen LogP contribution in [0.1, 0.15) is 12.8 Å². The highest BCUT2D eigenvalue weighted by molar-refractivity contribution is 14.1. The maximum atomic E-state index is 12.3. The summed E-state index contributed by atoms with van der Waals surface area (Å²) in [7, 11) is -3.44. The van der Waals surface area contributed by atoms with Gasteiger partial charge in [-0.05, 0) is 59.7 Å². The molecule has 17 heavy (non-hydrogen) atoms. The molecule has 4 nitrogen and oxygen atoms in total. The molecule has 0 aromatic heterocycles. The number of hydrogen-bond acceptors (Lipinski definition) is 3. The van der Waals surface area contributed by atoms with Crippen molar-refractivity contribution in [1.82, 2.24) is 4.31 Å². The lowest BCUT2D eigenvalue weighted by Gasteiger charge is -2.29. The fourth-order valence-corrected chi connectivity index (χ4v) is 3.77. The van der Waals surface area contributed by atoms with Gasteiger partial charge in [0.1, 0.15) is 0 Å². The smallest absolute Gasteiger partial charge is 0.243 e. The highest BCUT2D eigenvalue weighted by atomic mass is 127. The summed E-state index contributed by atoms with van der Waals surface area (Å²) in [4.78, 5) is 0.298. The molecule has 6 heteroatoms. The van der Waals surface area contributed by atoms with Crippen molar-refractivity contribution in [3.8, 4) is 0 Å². The molecule has 94 valence electrons. The van der Waals surface area contributed by atoms with Crippen LogP contribution in [0, 0.1) is 3.57 Å². The summed E-state index contributed by atoms with van der Waals surface area (Å²) in [6.45, 7) is 0.694. The van der Waals surface area contributed by atoms with Crippen molar-refractivity contribution in [2.75, 3.05) is 13.1 Å². The minimum Gasteiger partial charge on any atom is -0.392 e. The number of aliphatic hydroxyl groups excluding tert-OH is 1. The Bertz CT molecular complexity index is 486. The summed E-state index contributed by atoms with van der Waals surface area (Å²) in [6, 6.07) is 6.76. The van der Waals surface area contributed by atoms with E-state index in [2.05, 4.69) is 22.6 Å². The first-order chi connectivity index (χ1) is 8.00. The maximum Gasteiger partial charge on any atom is 0.243 e. The van der Waals surface area contributed by atoms with Crippen molar-refractivity contribution in [2.45, 2.75) is 23.8 Å². The number of rotatable bonds is 2. The van der Waals surface area contributed by atoms with Gasteiger partial charge < -0.3 is 5.11 Å². The number of β-amino-alcohol motifs (C(OH)–C–C–N with tert-alkyl or cyclic N) is 1. The molecule has 1 aromatic rings. The number of hydrogen-bond donors (Lipinski definition) is 1. The minimum atomic E-state index is -3.44. The van der Waals surface area contributed by atoms with Gasteiger partial charge in [-0.25, -0.2) is 8.42 Å². The average molecular weight is 367 g/mol. The van der Waals surface area contributed by atoms with Crippen molar-refractivity contribution in [1.29, 1.82) is 0 Å². The lowest BCUT2D eigenvalue weighted by molar-refractivity contribution is 0.108. The van der Waals surface area contributed by atoms with E-state index in [1.54, 1.807) is 24.3 Å². The van der Waals surface area contributed by atoms with Crippen LogP contribution in [0.3, 0.4) is 0 Å². The Hall–Kier alpha value is -0.180. The second-order valence-corrected chi connectivity index (χ2v) is 7.30. The molecule has 0 radical (unpaired) electrons. The van der Waals surface area contributed by atoms with E-state index in [0.29, 0.717) is 24.3 Å². The van der Waals surface area contributed by atoms with Crippen LogP contribution in [0.2, 0.25) is 0 Å². The number of sulfonamides is 1. The third kappa shape index (κ3) is 2.98. The first kappa shape index (κ1) is 13.3. The van der Waals surface area contributed by atoms with Gasteiger partial charge in [-0.15, -0.1) is 0 Å². The summed E-state index contributed by atoms with van der Waals surface area (Å²) in [5, 5.41) is 9.53. The van der Waals surface area contributed by atoms with Crippen molar-refractivity contribution in [3.63, 3.8) is 0 Å². The third-order valence-corrected chi connectivity index (χ3v) is 5.41. The van der Waals surface area contributed by atoms with E-state index in [4.69, 9.17) is 0 Å². The second kappa shape index (κ2) is 5.21. The van der Waals surface area contributed by atoms with Gasteiger partial charge in [0.15, 0.2) is 0 Å². The van der Waals surface area contributed by atoms with Crippen molar-refractivity contribution >= 4 is 32.6 Å². The normalized spacial score (nSPS) is 22.6. The zero-order valence-electron chi connectivity index (χ0n) is 9.21. The first-order valence-corrected chi connectivity index (χ1v) is 7.96. The highest BCUT2D eigenvalue weighted by Crippen LogP contribution is 2.21. The van der Waals surface area contributed by atoms with Gasteiger partial charge in [0.2, 0.25) is 10.0 Å². The van der Waals surface area contributed by atoms with Crippen molar-refractivity contribution in [2.24, 2.45) is 0 Å². The summed E-state index contributed by atoms with van der Waals surface area (Å²) < 4.78 is 26.9. The largest absolute Gasteiger partial charge is 0.392 e. The van der Waals surface area contributed by atoms with Gasteiger partial charge in [0, 0.05) is 16.7 Å². The SMILES string of the molecule is O=S(=O)(c1ccc(I)cc1)N1CCC[C@H](O)C1. The van der Waals surface area contributed by atoms with Gasteiger partial charge in [0.05, 0.1) is 11.0 Å². The Labute approximate surface area is 115 Å². The quantitative estimate of drug-likeness (QED) is 0.805. The molecule has 1 atom stereocenters. The van der Waals surface area contributed by atoms with Gasteiger partial charge in [-0.2, -0.15) is 4.31 Å². The molecule has 1 heterocycles. The van der Waals surface area contributed by atoms with E-state index in [1.807, 2.05) is 0 Å². The molecule has 0 bridgehead atoms. The number of piperidine rings is 1. The molecule has 2 rings (SSSR count). The zero-order chi connectivity index (χ0) is 12.5. The monoisotopic (exact) mass is 367 g/mol. The summed E-state index contributed by atoms with van der Waals surface area (Å²) >= 11 is 2.13. The summed E-state index contributed by atoms with van der Waals surface area (Å²) in [5.74, 6) is 0. The van der Waals surface area contributed by atoms with E-state index in [-0.39, 0.29) is 6.54 Å². The Morgan fingerprint density at radius 2 is 1.94 bits per heavy atom.